The van der Waals surface area contributed by atoms with E-state index in [1.54, 1.807) is 18.2 Å². The van der Waals surface area contributed by atoms with Gasteiger partial charge in [-0.2, -0.15) is 0 Å². The molecule has 1 aromatic heterocycles. The van der Waals surface area contributed by atoms with E-state index >= 15 is 0 Å². The molecule has 1 unspecified atom stereocenters. The molecule has 0 saturated carbocycles. The fourth-order valence-electron chi connectivity index (χ4n) is 1.61. The standard InChI is InChI=1S/C12H10BrClFNO2/c1-17-10-5-8(15)7(13)4-6(10)12(16)9-2-3-11(14)18-9/h2-5,12H,16H2,1H3. The molecule has 18 heavy (non-hydrogen) atoms. The Kier molecular flexibility index (Phi) is 3.94. The van der Waals surface area contributed by atoms with Crippen molar-refractivity contribution in [2.75, 3.05) is 7.11 Å². The van der Waals surface area contributed by atoms with Crippen molar-refractivity contribution in [3.63, 3.8) is 0 Å². The van der Waals surface area contributed by atoms with Gasteiger partial charge >= 0.3 is 0 Å². The summed E-state index contributed by atoms with van der Waals surface area (Å²) in [6.07, 6.45) is 0. The quantitative estimate of drug-likeness (QED) is 0.926. The maximum absolute atomic E-state index is 13.4. The molecule has 0 aliphatic rings. The van der Waals surface area contributed by atoms with E-state index in [9.17, 15) is 4.39 Å². The van der Waals surface area contributed by atoms with Crippen molar-refractivity contribution < 1.29 is 13.5 Å². The SMILES string of the molecule is COc1cc(F)c(Br)cc1C(N)c1ccc(Cl)o1. The van der Waals surface area contributed by atoms with Crippen molar-refractivity contribution in [1.82, 2.24) is 0 Å². The Morgan fingerprint density at radius 1 is 1.44 bits per heavy atom. The summed E-state index contributed by atoms with van der Waals surface area (Å²) in [5.74, 6) is 0.424. The maximum Gasteiger partial charge on any atom is 0.193 e. The molecule has 1 atom stereocenters. The first kappa shape index (κ1) is 13.4. The normalized spacial score (nSPS) is 12.5. The van der Waals surface area contributed by atoms with Gasteiger partial charge in [-0.25, -0.2) is 4.39 Å². The summed E-state index contributed by atoms with van der Waals surface area (Å²) in [5.41, 5.74) is 6.66. The maximum atomic E-state index is 13.4. The van der Waals surface area contributed by atoms with E-state index in [2.05, 4.69) is 15.9 Å². The van der Waals surface area contributed by atoms with E-state index in [1.165, 1.54) is 13.2 Å². The minimum Gasteiger partial charge on any atom is -0.496 e. The molecule has 0 amide bonds. The summed E-state index contributed by atoms with van der Waals surface area (Å²) in [6, 6.07) is 5.52. The summed E-state index contributed by atoms with van der Waals surface area (Å²) in [7, 11) is 1.45. The number of halogens is 3. The molecule has 3 nitrogen and oxygen atoms in total. The number of hydrogen-bond acceptors (Lipinski definition) is 3. The summed E-state index contributed by atoms with van der Waals surface area (Å²) < 4.78 is 24.1. The molecule has 0 fully saturated rings. The highest BCUT2D eigenvalue weighted by molar-refractivity contribution is 9.10. The van der Waals surface area contributed by atoms with Crippen LogP contribution >= 0.6 is 27.5 Å². The van der Waals surface area contributed by atoms with Crippen LogP contribution in [0.3, 0.4) is 0 Å². The van der Waals surface area contributed by atoms with E-state index in [1.807, 2.05) is 0 Å². The molecule has 0 saturated heterocycles. The first-order valence-corrected chi connectivity index (χ1v) is 6.23. The van der Waals surface area contributed by atoms with Crippen LogP contribution in [0.1, 0.15) is 17.4 Å². The lowest BCUT2D eigenvalue weighted by atomic mass is 10.0. The van der Waals surface area contributed by atoms with Crippen molar-refractivity contribution in [2.24, 2.45) is 5.73 Å². The van der Waals surface area contributed by atoms with Crippen LogP contribution in [0.4, 0.5) is 4.39 Å². The van der Waals surface area contributed by atoms with Crippen LogP contribution < -0.4 is 10.5 Å². The summed E-state index contributed by atoms with van der Waals surface area (Å²) in [4.78, 5) is 0. The molecule has 0 radical (unpaired) electrons. The Bertz CT molecular complexity index is 573. The van der Waals surface area contributed by atoms with Crippen LogP contribution in [0.2, 0.25) is 5.22 Å². The minimum atomic E-state index is -0.579. The summed E-state index contributed by atoms with van der Waals surface area (Å²) >= 11 is 8.81. The molecule has 2 rings (SSSR count). The minimum absolute atomic E-state index is 0.251. The Morgan fingerprint density at radius 3 is 2.72 bits per heavy atom. The van der Waals surface area contributed by atoms with Gasteiger partial charge in [0, 0.05) is 11.6 Å². The molecule has 1 aromatic carbocycles. The van der Waals surface area contributed by atoms with Crippen LogP contribution in [0.5, 0.6) is 5.75 Å². The van der Waals surface area contributed by atoms with Gasteiger partial charge in [-0.3, -0.25) is 0 Å². The number of rotatable bonds is 3. The Balaban J connectivity index is 2.46. The lowest BCUT2D eigenvalue weighted by Crippen LogP contribution is -2.12. The number of furan rings is 1. The van der Waals surface area contributed by atoms with Crippen molar-refractivity contribution in [1.29, 1.82) is 0 Å². The van der Waals surface area contributed by atoms with Gasteiger partial charge in [0.2, 0.25) is 0 Å². The van der Waals surface area contributed by atoms with Crippen LogP contribution in [-0.2, 0) is 0 Å². The second-order valence-corrected chi connectivity index (χ2v) is 4.85. The average Bonchev–Trinajstić information content (AvgIpc) is 2.78. The monoisotopic (exact) mass is 333 g/mol. The van der Waals surface area contributed by atoms with E-state index in [0.29, 0.717) is 21.5 Å². The smallest absolute Gasteiger partial charge is 0.193 e. The van der Waals surface area contributed by atoms with Crippen LogP contribution in [0.15, 0.2) is 33.2 Å². The number of hydrogen-bond donors (Lipinski definition) is 1. The number of ether oxygens (including phenoxy) is 1. The Morgan fingerprint density at radius 2 is 2.17 bits per heavy atom. The zero-order valence-electron chi connectivity index (χ0n) is 9.41. The highest BCUT2D eigenvalue weighted by Crippen LogP contribution is 2.33. The third-order valence-electron chi connectivity index (χ3n) is 2.51. The highest BCUT2D eigenvalue weighted by Gasteiger charge is 2.19. The topological polar surface area (TPSA) is 48.4 Å². The van der Waals surface area contributed by atoms with Gasteiger partial charge in [0.25, 0.3) is 0 Å². The molecule has 2 aromatic rings. The zero-order chi connectivity index (χ0) is 13.3. The zero-order valence-corrected chi connectivity index (χ0v) is 11.8. The molecule has 0 aliphatic heterocycles. The highest BCUT2D eigenvalue weighted by atomic mass is 79.9. The largest absolute Gasteiger partial charge is 0.496 e. The average molecular weight is 335 g/mol. The van der Waals surface area contributed by atoms with Gasteiger partial charge in [0.15, 0.2) is 5.22 Å². The van der Waals surface area contributed by atoms with Crippen molar-refractivity contribution in [3.8, 4) is 5.75 Å². The van der Waals surface area contributed by atoms with Crippen LogP contribution in [0, 0.1) is 5.82 Å². The Hall–Kier alpha value is -1.04. The molecular formula is C12H10BrClFNO2. The van der Waals surface area contributed by atoms with Crippen molar-refractivity contribution in [3.05, 3.63) is 51.1 Å². The predicted octanol–water partition coefficient (Wildman–Crippen LogP) is 3.89. The number of benzene rings is 1. The molecule has 96 valence electrons. The second kappa shape index (κ2) is 5.30. The number of methoxy groups -OCH3 is 1. The van der Waals surface area contributed by atoms with E-state index in [4.69, 9.17) is 26.5 Å². The first-order valence-electron chi connectivity index (χ1n) is 5.06. The molecule has 0 aliphatic carbocycles. The molecule has 1 heterocycles. The third-order valence-corrected chi connectivity index (χ3v) is 3.32. The number of nitrogens with two attached hydrogens (primary N) is 1. The Labute approximate surface area is 117 Å². The van der Waals surface area contributed by atoms with E-state index < -0.39 is 11.9 Å². The van der Waals surface area contributed by atoms with Gasteiger partial charge in [-0.1, -0.05) is 0 Å². The van der Waals surface area contributed by atoms with Gasteiger partial charge < -0.3 is 14.9 Å². The van der Waals surface area contributed by atoms with E-state index in [0.717, 1.165) is 0 Å². The lowest BCUT2D eigenvalue weighted by molar-refractivity contribution is 0.399. The fourth-order valence-corrected chi connectivity index (χ4v) is 2.13. The molecule has 0 bridgehead atoms. The molecular weight excluding hydrogens is 324 g/mol. The van der Waals surface area contributed by atoms with Gasteiger partial charge in [-0.15, -0.1) is 0 Å². The van der Waals surface area contributed by atoms with Crippen molar-refractivity contribution >= 4 is 27.5 Å². The molecule has 2 N–H and O–H groups in total. The van der Waals surface area contributed by atoms with Crippen LogP contribution in [0.25, 0.3) is 0 Å². The fraction of sp³-hybridized carbons (Fsp3) is 0.167. The summed E-state index contributed by atoms with van der Waals surface area (Å²) in [5, 5.41) is 0.251. The van der Waals surface area contributed by atoms with Gasteiger partial charge in [0.1, 0.15) is 17.3 Å². The second-order valence-electron chi connectivity index (χ2n) is 3.63. The summed E-state index contributed by atoms with van der Waals surface area (Å²) in [6.45, 7) is 0. The lowest BCUT2D eigenvalue weighted by Gasteiger charge is -2.14. The predicted molar refractivity (Wildman–Crippen MR) is 70.4 cm³/mol. The molecule has 0 spiro atoms. The third kappa shape index (κ3) is 2.53. The van der Waals surface area contributed by atoms with Gasteiger partial charge in [0.05, 0.1) is 17.6 Å². The molecule has 6 heteroatoms. The first-order chi connectivity index (χ1) is 8.52. The van der Waals surface area contributed by atoms with E-state index in [-0.39, 0.29) is 5.22 Å². The van der Waals surface area contributed by atoms with Crippen LogP contribution in [-0.4, -0.2) is 7.11 Å². The van der Waals surface area contributed by atoms with Crippen molar-refractivity contribution in [2.45, 2.75) is 6.04 Å². The van der Waals surface area contributed by atoms with Gasteiger partial charge in [-0.05, 0) is 45.7 Å².